The molecule has 1 N–H and O–H groups in total. The first kappa shape index (κ1) is 18.7. The minimum absolute atomic E-state index is 0.0132. The van der Waals surface area contributed by atoms with E-state index >= 15 is 0 Å². The van der Waals surface area contributed by atoms with E-state index in [2.05, 4.69) is 0 Å². The van der Waals surface area contributed by atoms with Gasteiger partial charge in [-0.25, -0.2) is 0 Å². The number of para-hydroxylation sites is 1. The van der Waals surface area contributed by atoms with Gasteiger partial charge in [0.15, 0.2) is 0 Å². The number of piperidine rings is 2. The van der Waals surface area contributed by atoms with Gasteiger partial charge in [0, 0.05) is 57.8 Å². The molecule has 2 saturated heterocycles. The first-order valence-electron chi connectivity index (χ1n) is 9.40. The molecular weight excluding hydrogens is 330 g/mol. The van der Waals surface area contributed by atoms with Crippen molar-refractivity contribution in [1.82, 2.24) is 9.80 Å². The number of aliphatic hydroxyl groups excluding tert-OH is 1. The summed E-state index contributed by atoms with van der Waals surface area (Å²) in [6.07, 6.45) is 3.32. The monoisotopic (exact) mass is 359 g/mol. The minimum Gasteiger partial charge on any atom is -0.395 e. The first-order chi connectivity index (χ1) is 12.5. The number of amides is 2. The van der Waals surface area contributed by atoms with Crippen LogP contribution in [0.2, 0.25) is 0 Å². The highest BCUT2D eigenvalue weighted by molar-refractivity contribution is 5.99. The first-order valence-corrected chi connectivity index (χ1v) is 9.40. The Labute approximate surface area is 155 Å². The fraction of sp³-hybridized carbons (Fsp3) is 0.600. The number of likely N-dealkylation sites (tertiary alicyclic amines) is 2. The molecule has 0 unspecified atom stereocenters. The van der Waals surface area contributed by atoms with E-state index < -0.39 is 0 Å². The van der Waals surface area contributed by atoms with Gasteiger partial charge >= 0.3 is 0 Å². The van der Waals surface area contributed by atoms with Crippen molar-refractivity contribution in [3.8, 4) is 0 Å². The van der Waals surface area contributed by atoms with Crippen LogP contribution in [0.5, 0.6) is 0 Å². The predicted molar refractivity (Wildman–Crippen MR) is 101 cm³/mol. The van der Waals surface area contributed by atoms with Crippen LogP contribution in [0.4, 0.5) is 5.69 Å². The number of carbonyl (C=O) groups excluding carboxylic acids is 2. The van der Waals surface area contributed by atoms with Gasteiger partial charge in [-0.05, 0) is 31.4 Å². The van der Waals surface area contributed by atoms with E-state index in [1.54, 1.807) is 4.90 Å². The molecule has 0 bridgehead atoms. The summed E-state index contributed by atoms with van der Waals surface area (Å²) in [4.78, 5) is 31.0. The van der Waals surface area contributed by atoms with Crippen LogP contribution < -0.4 is 4.90 Å². The molecule has 2 heterocycles. The number of benzene rings is 1. The summed E-state index contributed by atoms with van der Waals surface area (Å²) >= 11 is 0. The number of aliphatic hydroxyl groups is 1. The van der Waals surface area contributed by atoms with E-state index in [1.807, 2.05) is 48.2 Å². The Morgan fingerprint density at radius 3 is 2.73 bits per heavy atom. The number of nitrogens with zero attached hydrogens (tertiary/aromatic N) is 3. The Morgan fingerprint density at radius 2 is 2.00 bits per heavy atom. The Hall–Kier alpha value is -2.08. The molecule has 0 aliphatic carbocycles. The lowest BCUT2D eigenvalue weighted by Gasteiger charge is -2.48. The van der Waals surface area contributed by atoms with E-state index in [9.17, 15) is 14.7 Å². The summed E-state index contributed by atoms with van der Waals surface area (Å²) in [6, 6.07) is 7.71. The topological polar surface area (TPSA) is 64.1 Å². The minimum atomic E-state index is -0.0376. The fourth-order valence-electron chi connectivity index (χ4n) is 4.36. The Morgan fingerprint density at radius 1 is 1.23 bits per heavy atom. The van der Waals surface area contributed by atoms with Gasteiger partial charge in [-0.3, -0.25) is 9.59 Å². The van der Waals surface area contributed by atoms with Crippen molar-refractivity contribution in [2.24, 2.45) is 5.41 Å². The summed E-state index contributed by atoms with van der Waals surface area (Å²) in [7, 11) is 3.90. The average molecular weight is 359 g/mol. The molecule has 3 rings (SSSR count). The van der Waals surface area contributed by atoms with E-state index in [4.69, 9.17) is 0 Å². The molecule has 0 radical (unpaired) electrons. The maximum absolute atomic E-state index is 13.2. The highest BCUT2D eigenvalue weighted by Crippen LogP contribution is 2.39. The average Bonchev–Trinajstić information content (AvgIpc) is 2.64. The maximum Gasteiger partial charge on any atom is 0.255 e. The van der Waals surface area contributed by atoms with Gasteiger partial charge in [-0.2, -0.15) is 0 Å². The molecule has 1 aromatic rings. The Bertz CT molecular complexity index is 676. The van der Waals surface area contributed by atoms with Gasteiger partial charge in [0.05, 0.1) is 12.2 Å². The van der Waals surface area contributed by atoms with E-state index in [0.29, 0.717) is 26.1 Å². The third kappa shape index (κ3) is 3.70. The van der Waals surface area contributed by atoms with Crippen molar-refractivity contribution < 1.29 is 14.7 Å². The van der Waals surface area contributed by atoms with Crippen molar-refractivity contribution in [3.05, 3.63) is 29.8 Å². The van der Waals surface area contributed by atoms with Crippen LogP contribution in [-0.4, -0.2) is 73.6 Å². The molecule has 1 aromatic carbocycles. The van der Waals surface area contributed by atoms with Crippen LogP contribution in [0.15, 0.2) is 24.3 Å². The molecule has 6 heteroatoms. The van der Waals surface area contributed by atoms with Crippen LogP contribution in [-0.2, 0) is 4.79 Å². The van der Waals surface area contributed by atoms with Crippen LogP contribution in [0.3, 0.4) is 0 Å². The molecule has 2 fully saturated rings. The molecule has 2 amide bonds. The third-order valence-electron chi connectivity index (χ3n) is 5.68. The molecule has 0 saturated carbocycles. The fourth-order valence-corrected chi connectivity index (χ4v) is 4.36. The lowest BCUT2D eigenvalue weighted by atomic mass is 9.73. The van der Waals surface area contributed by atoms with Gasteiger partial charge in [-0.15, -0.1) is 0 Å². The van der Waals surface area contributed by atoms with Gasteiger partial charge in [0.2, 0.25) is 5.91 Å². The van der Waals surface area contributed by atoms with Crippen LogP contribution in [0, 0.1) is 5.41 Å². The van der Waals surface area contributed by atoms with Gasteiger partial charge in [0.25, 0.3) is 5.91 Å². The number of rotatable bonds is 4. The van der Waals surface area contributed by atoms with Crippen LogP contribution in [0.1, 0.15) is 36.0 Å². The smallest absolute Gasteiger partial charge is 0.255 e. The van der Waals surface area contributed by atoms with E-state index in [0.717, 1.165) is 37.1 Å². The Balaban J connectivity index is 1.78. The molecular formula is C20H29N3O3. The maximum atomic E-state index is 13.2. The number of β-amino-alcohol motifs (C(OH)–C–C–N with tert-alkyl or cyclic N) is 1. The molecule has 142 valence electrons. The summed E-state index contributed by atoms with van der Waals surface area (Å²) in [5.41, 5.74) is 1.62. The number of anilines is 1. The lowest BCUT2D eigenvalue weighted by molar-refractivity contribution is -0.139. The number of hydrogen-bond donors (Lipinski definition) is 1. The second-order valence-electron chi connectivity index (χ2n) is 7.78. The molecule has 1 atom stereocenters. The third-order valence-corrected chi connectivity index (χ3v) is 5.68. The number of carbonyl (C=O) groups is 2. The molecule has 2 aliphatic rings. The quantitative estimate of drug-likeness (QED) is 0.887. The molecule has 26 heavy (non-hydrogen) atoms. The summed E-state index contributed by atoms with van der Waals surface area (Å²) < 4.78 is 0. The van der Waals surface area contributed by atoms with Crippen molar-refractivity contribution in [3.63, 3.8) is 0 Å². The highest BCUT2D eigenvalue weighted by atomic mass is 16.3. The summed E-state index contributed by atoms with van der Waals surface area (Å²) in [5.74, 6) is 0.185. The van der Waals surface area contributed by atoms with Gasteiger partial charge < -0.3 is 19.8 Å². The van der Waals surface area contributed by atoms with Crippen molar-refractivity contribution in [1.29, 1.82) is 0 Å². The second-order valence-corrected chi connectivity index (χ2v) is 7.78. The predicted octanol–water partition coefficient (Wildman–Crippen LogP) is 1.59. The molecule has 1 spiro atoms. The van der Waals surface area contributed by atoms with E-state index in [1.165, 1.54) is 0 Å². The van der Waals surface area contributed by atoms with Gasteiger partial charge in [-0.1, -0.05) is 12.1 Å². The molecule has 6 nitrogen and oxygen atoms in total. The summed E-state index contributed by atoms with van der Waals surface area (Å²) in [6.45, 7) is 2.46. The zero-order valence-electron chi connectivity index (χ0n) is 15.8. The standard InChI is InChI=1S/C20H29N3O3/c1-21(2)17-7-4-3-6-16(17)19(26)23-11-5-9-20(15-23)10-8-18(25)22(14-20)12-13-24/h3-4,6-7,24H,5,8-15H2,1-2H3/t20-/m0/s1. The Kier molecular flexibility index (Phi) is 5.51. The van der Waals surface area contributed by atoms with Crippen molar-refractivity contribution in [2.75, 3.05) is 51.8 Å². The zero-order chi connectivity index (χ0) is 18.7. The largest absolute Gasteiger partial charge is 0.395 e. The molecule has 2 aliphatic heterocycles. The number of hydrogen-bond acceptors (Lipinski definition) is 4. The van der Waals surface area contributed by atoms with E-state index in [-0.39, 0.29) is 23.8 Å². The highest BCUT2D eigenvalue weighted by Gasteiger charge is 2.42. The van der Waals surface area contributed by atoms with Gasteiger partial charge in [0.1, 0.15) is 0 Å². The summed E-state index contributed by atoms with van der Waals surface area (Å²) in [5, 5.41) is 9.23. The van der Waals surface area contributed by atoms with Crippen molar-refractivity contribution >= 4 is 17.5 Å². The second kappa shape index (κ2) is 7.66. The lowest BCUT2D eigenvalue weighted by Crippen LogP contribution is -2.55. The molecule has 0 aromatic heterocycles. The normalized spacial score (nSPS) is 23.4. The van der Waals surface area contributed by atoms with Crippen molar-refractivity contribution in [2.45, 2.75) is 25.7 Å². The van der Waals surface area contributed by atoms with Crippen LogP contribution in [0.25, 0.3) is 0 Å². The SMILES string of the molecule is CN(C)c1ccccc1C(=O)N1CCC[C@@]2(CCC(=O)N(CCO)C2)C1. The van der Waals surface area contributed by atoms with Crippen LogP contribution >= 0.6 is 0 Å². The zero-order valence-corrected chi connectivity index (χ0v) is 15.8.